The summed E-state index contributed by atoms with van der Waals surface area (Å²) in [5.74, 6) is 0.992. The van der Waals surface area contributed by atoms with Gasteiger partial charge in [-0.05, 0) is 54.0 Å². The molecule has 0 saturated heterocycles. The van der Waals surface area contributed by atoms with Gasteiger partial charge in [0.2, 0.25) is 0 Å². The lowest BCUT2D eigenvalue weighted by Gasteiger charge is -2.42. The van der Waals surface area contributed by atoms with Gasteiger partial charge in [0.1, 0.15) is 0 Å². The average molecular weight is 380 g/mol. The van der Waals surface area contributed by atoms with Crippen molar-refractivity contribution < 1.29 is 0 Å². The summed E-state index contributed by atoms with van der Waals surface area (Å²) in [5.41, 5.74) is 22.7. The lowest BCUT2D eigenvalue weighted by atomic mass is 9.70. The van der Waals surface area contributed by atoms with Crippen LogP contribution in [-0.4, -0.2) is 5.66 Å². The van der Waals surface area contributed by atoms with Crippen LogP contribution in [0.2, 0.25) is 0 Å². The molecular weight excluding hydrogens is 342 g/mol. The first kappa shape index (κ1) is 20.9. The molecule has 0 bridgehead atoms. The van der Waals surface area contributed by atoms with E-state index >= 15 is 0 Å². The summed E-state index contributed by atoms with van der Waals surface area (Å²) in [7, 11) is 0. The Kier molecular flexibility index (Phi) is 7.14. The minimum atomic E-state index is -0.596. The topological polar surface area (TPSA) is 78.1 Å². The molecule has 2 aromatic carbocycles. The molecule has 1 saturated carbocycles. The van der Waals surface area contributed by atoms with Crippen molar-refractivity contribution >= 4 is 5.69 Å². The molecule has 2 atom stereocenters. The van der Waals surface area contributed by atoms with Gasteiger partial charge in [-0.2, -0.15) is 0 Å². The molecule has 1 aliphatic carbocycles. The van der Waals surface area contributed by atoms with E-state index in [0.717, 1.165) is 24.4 Å². The van der Waals surface area contributed by atoms with Crippen LogP contribution in [0.25, 0.3) is 11.1 Å². The van der Waals surface area contributed by atoms with Gasteiger partial charge >= 0.3 is 0 Å². The van der Waals surface area contributed by atoms with Gasteiger partial charge < -0.3 is 17.2 Å². The summed E-state index contributed by atoms with van der Waals surface area (Å²) in [6.07, 6.45) is 11.3. The minimum absolute atomic E-state index is 0.238. The highest BCUT2D eigenvalue weighted by Gasteiger charge is 2.38. The second-order valence-corrected chi connectivity index (χ2v) is 8.75. The largest absolute Gasteiger partial charge is 0.399 e. The average Bonchev–Trinajstić information content (AvgIpc) is 2.69. The number of hydrogen-bond acceptors (Lipinski definition) is 3. The highest BCUT2D eigenvalue weighted by molar-refractivity contribution is 5.65. The van der Waals surface area contributed by atoms with Gasteiger partial charge in [-0.1, -0.05) is 81.8 Å². The normalized spacial score (nSPS) is 21.5. The molecule has 152 valence electrons. The van der Waals surface area contributed by atoms with Gasteiger partial charge in [-0.25, -0.2) is 0 Å². The van der Waals surface area contributed by atoms with Crippen LogP contribution in [0.1, 0.15) is 76.2 Å². The van der Waals surface area contributed by atoms with Crippen molar-refractivity contribution in [3.8, 4) is 11.1 Å². The van der Waals surface area contributed by atoms with Crippen LogP contribution in [-0.2, 0) is 0 Å². The Morgan fingerprint density at radius 3 is 2.11 bits per heavy atom. The third-order valence-electron chi connectivity index (χ3n) is 6.48. The fraction of sp³-hybridized carbons (Fsp3) is 0.520. The van der Waals surface area contributed by atoms with E-state index in [9.17, 15) is 0 Å². The Labute approximate surface area is 170 Å². The molecule has 0 aromatic heterocycles. The van der Waals surface area contributed by atoms with Crippen molar-refractivity contribution in [3.05, 3.63) is 54.1 Å². The Morgan fingerprint density at radius 1 is 0.857 bits per heavy atom. The Bertz CT molecular complexity index is 718. The molecule has 0 amide bonds. The van der Waals surface area contributed by atoms with Crippen molar-refractivity contribution in [1.82, 2.24) is 0 Å². The van der Waals surface area contributed by atoms with Crippen molar-refractivity contribution in [2.24, 2.45) is 17.4 Å². The molecule has 0 aliphatic heterocycles. The number of benzene rings is 2. The van der Waals surface area contributed by atoms with Gasteiger partial charge in [-0.3, -0.25) is 0 Å². The zero-order valence-electron chi connectivity index (χ0n) is 17.4. The molecule has 6 N–H and O–H groups in total. The SMILES string of the molecule is CCCCCCCC1CCC(N)(N)C(c2ccc(-c3ccc(N)cc3)cc2)C1. The van der Waals surface area contributed by atoms with Gasteiger partial charge in [0.05, 0.1) is 5.66 Å². The number of rotatable bonds is 8. The molecule has 1 aliphatic rings. The third-order valence-corrected chi connectivity index (χ3v) is 6.48. The number of unbranched alkanes of at least 4 members (excludes halogenated alkanes) is 4. The highest BCUT2D eigenvalue weighted by Crippen LogP contribution is 2.41. The van der Waals surface area contributed by atoms with E-state index in [2.05, 4.69) is 43.3 Å². The van der Waals surface area contributed by atoms with Crippen LogP contribution in [0.15, 0.2) is 48.5 Å². The first-order chi connectivity index (χ1) is 13.5. The van der Waals surface area contributed by atoms with Gasteiger partial charge in [-0.15, -0.1) is 0 Å². The molecule has 2 unspecified atom stereocenters. The number of nitrogen functional groups attached to an aromatic ring is 1. The fourth-order valence-corrected chi connectivity index (χ4v) is 4.63. The van der Waals surface area contributed by atoms with Gasteiger partial charge in [0.15, 0.2) is 0 Å². The summed E-state index contributed by atoms with van der Waals surface area (Å²) in [5, 5.41) is 0. The Morgan fingerprint density at radius 2 is 1.46 bits per heavy atom. The van der Waals surface area contributed by atoms with Gasteiger partial charge in [0.25, 0.3) is 0 Å². The van der Waals surface area contributed by atoms with Crippen molar-refractivity contribution in [2.45, 2.75) is 76.3 Å². The molecular formula is C25H37N3. The second-order valence-electron chi connectivity index (χ2n) is 8.75. The van der Waals surface area contributed by atoms with E-state index in [1.807, 2.05) is 12.1 Å². The number of anilines is 1. The maximum atomic E-state index is 6.54. The van der Waals surface area contributed by atoms with Crippen LogP contribution >= 0.6 is 0 Å². The molecule has 3 nitrogen and oxygen atoms in total. The van der Waals surface area contributed by atoms with E-state index in [0.29, 0.717) is 0 Å². The summed E-state index contributed by atoms with van der Waals surface area (Å²) in [6.45, 7) is 2.27. The maximum Gasteiger partial charge on any atom is 0.0707 e. The molecule has 2 aromatic rings. The van der Waals surface area contributed by atoms with E-state index in [4.69, 9.17) is 17.2 Å². The van der Waals surface area contributed by atoms with E-state index in [1.165, 1.54) is 61.6 Å². The predicted molar refractivity (Wildman–Crippen MR) is 121 cm³/mol. The quantitative estimate of drug-likeness (QED) is 0.308. The zero-order chi connectivity index (χ0) is 20.0. The minimum Gasteiger partial charge on any atom is -0.399 e. The van der Waals surface area contributed by atoms with E-state index < -0.39 is 5.66 Å². The van der Waals surface area contributed by atoms with Crippen LogP contribution < -0.4 is 17.2 Å². The summed E-state index contributed by atoms with van der Waals surface area (Å²) in [4.78, 5) is 0. The Balaban J connectivity index is 1.64. The smallest absolute Gasteiger partial charge is 0.0707 e. The first-order valence-corrected chi connectivity index (χ1v) is 11.0. The summed E-state index contributed by atoms with van der Waals surface area (Å²) in [6, 6.07) is 16.8. The second kappa shape index (κ2) is 9.58. The fourth-order valence-electron chi connectivity index (χ4n) is 4.63. The van der Waals surface area contributed by atoms with Crippen molar-refractivity contribution in [1.29, 1.82) is 0 Å². The number of nitrogens with two attached hydrogens (primary N) is 3. The van der Waals surface area contributed by atoms with Crippen LogP contribution in [0, 0.1) is 5.92 Å². The molecule has 3 rings (SSSR count). The predicted octanol–water partition coefficient (Wildman–Crippen LogP) is 5.79. The van der Waals surface area contributed by atoms with Gasteiger partial charge in [0, 0.05) is 11.6 Å². The number of hydrogen-bond donors (Lipinski definition) is 3. The standard InChI is InChI=1S/C25H37N3/c1-2-3-4-5-6-7-19-16-17-25(27,28)24(18-19)22-10-8-20(9-11-22)21-12-14-23(26)15-13-21/h8-15,19,24H,2-7,16-18,26-28H2,1H3. The lowest BCUT2D eigenvalue weighted by Crippen LogP contribution is -2.56. The molecule has 0 heterocycles. The third kappa shape index (κ3) is 5.36. The molecule has 0 radical (unpaired) electrons. The first-order valence-electron chi connectivity index (χ1n) is 11.0. The zero-order valence-corrected chi connectivity index (χ0v) is 17.4. The van der Waals surface area contributed by atoms with Crippen molar-refractivity contribution in [3.63, 3.8) is 0 Å². The van der Waals surface area contributed by atoms with Crippen LogP contribution in [0.4, 0.5) is 5.69 Å². The van der Waals surface area contributed by atoms with E-state index in [-0.39, 0.29) is 5.92 Å². The summed E-state index contributed by atoms with van der Waals surface area (Å²) >= 11 is 0. The Hall–Kier alpha value is -1.84. The molecule has 3 heteroatoms. The summed E-state index contributed by atoms with van der Waals surface area (Å²) < 4.78 is 0. The van der Waals surface area contributed by atoms with Crippen LogP contribution in [0.5, 0.6) is 0 Å². The van der Waals surface area contributed by atoms with E-state index in [1.54, 1.807) is 0 Å². The molecule has 1 fully saturated rings. The lowest BCUT2D eigenvalue weighted by molar-refractivity contribution is 0.191. The van der Waals surface area contributed by atoms with Crippen molar-refractivity contribution in [2.75, 3.05) is 5.73 Å². The monoisotopic (exact) mass is 379 g/mol. The maximum absolute atomic E-state index is 6.54. The van der Waals surface area contributed by atoms with Crippen LogP contribution in [0.3, 0.4) is 0 Å². The molecule has 0 spiro atoms. The highest BCUT2D eigenvalue weighted by atomic mass is 15.0. The molecule has 28 heavy (non-hydrogen) atoms.